The molecule has 1 heterocycles. The van der Waals surface area contributed by atoms with Gasteiger partial charge in [-0.15, -0.1) is 0 Å². The SMILES string of the molecule is COc1ccc(NC(=O)Nc2ccc3c(c2)CC(=O)N([C@@H](C)CO)C[C@H](C)[C@H](CN(C)S(=O)(=O)c2ccc(Cl)cc2)O3)cc1. The standard InChI is InChI=1S/C31H37ClN4O7S/c1-20-17-36(21(2)19-37)30(38)16-22-15-25(34-31(39)33-24-7-10-26(42-4)11-8-24)9-14-28(22)43-29(20)18-35(3)44(40,41)27-12-5-23(32)6-13-27/h5-15,20-21,29,37H,16-19H2,1-4H3,(H2,33,34,39)/t20-,21-,29-/m0/s1. The summed E-state index contributed by atoms with van der Waals surface area (Å²) in [5, 5.41) is 15.8. The summed E-state index contributed by atoms with van der Waals surface area (Å²) in [6, 6.07) is 16.8. The fourth-order valence-electron chi connectivity index (χ4n) is 4.83. The van der Waals surface area contributed by atoms with E-state index in [1.54, 1.807) is 61.4 Å². The van der Waals surface area contributed by atoms with E-state index in [1.165, 1.54) is 35.6 Å². The number of aliphatic hydroxyl groups excluding tert-OH is 1. The highest BCUT2D eigenvalue weighted by Crippen LogP contribution is 2.30. The minimum atomic E-state index is -3.87. The van der Waals surface area contributed by atoms with E-state index in [9.17, 15) is 23.1 Å². The van der Waals surface area contributed by atoms with Crippen molar-refractivity contribution in [3.05, 3.63) is 77.3 Å². The Labute approximate surface area is 262 Å². The van der Waals surface area contributed by atoms with Crippen LogP contribution in [-0.2, 0) is 21.2 Å². The number of hydrogen-bond acceptors (Lipinski definition) is 7. The van der Waals surface area contributed by atoms with Gasteiger partial charge in [0, 0.05) is 41.5 Å². The van der Waals surface area contributed by atoms with Gasteiger partial charge in [0.05, 0.1) is 37.6 Å². The molecule has 0 saturated heterocycles. The van der Waals surface area contributed by atoms with Crippen LogP contribution in [0.5, 0.6) is 11.5 Å². The molecule has 0 bridgehead atoms. The molecule has 13 heteroatoms. The lowest BCUT2D eigenvalue weighted by Gasteiger charge is -2.33. The molecule has 11 nitrogen and oxygen atoms in total. The van der Waals surface area contributed by atoms with Crippen LogP contribution >= 0.6 is 11.6 Å². The summed E-state index contributed by atoms with van der Waals surface area (Å²) >= 11 is 5.95. The van der Waals surface area contributed by atoms with Crippen molar-refractivity contribution in [1.82, 2.24) is 9.21 Å². The number of carbonyl (C=O) groups excluding carboxylic acids is 2. The van der Waals surface area contributed by atoms with Crippen LogP contribution < -0.4 is 20.1 Å². The smallest absolute Gasteiger partial charge is 0.323 e. The first kappa shape index (κ1) is 33.1. The van der Waals surface area contributed by atoms with E-state index >= 15 is 0 Å². The van der Waals surface area contributed by atoms with E-state index in [0.29, 0.717) is 33.5 Å². The fraction of sp³-hybridized carbons (Fsp3) is 0.355. The topological polar surface area (TPSA) is 138 Å². The minimum Gasteiger partial charge on any atom is -0.497 e. The van der Waals surface area contributed by atoms with E-state index in [0.717, 1.165) is 0 Å². The lowest BCUT2D eigenvalue weighted by molar-refractivity contribution is -0.134. The average Bonchev–Trinajstić information content (AvgIpc) is 3.04. The van der Waals surface area contributed by atoms with Crippen LogP contribution in [0.1, 0.15) is 19.4 Å². The molecule has 44 heavy (non-hydrogen) atoms. The van der Waals surface area contributed by atoms with E-state index in [-0.39, 0.29) is 42.8 Å². The van der Waals surface area contributed by atoms with Crippen molar-refractivity contribution in [3.63, 3.8) is 0 Å². The third kappa shape index (κ3) is 8.00. The van der Waals surface area contributed by atoms with Crippen molar-refractivity contribution < 1.29 is 32.6 Å². The molecule has 3 N–H and O–H groups in total. The number of nitrogens with one attached hydrogen (secondary N) is 2. The molecule has 3 amide bonds. The molecule has 0 aromatic heterocycles. The highest BCUT2D eigenvalue weighted by molar-refractivity contribution is 7.89. The van der Waals surface area contributed by atoms with E-state index in [1.807, 2.05) is 6.92 Å². The first-order chi connectivity index (χ1) is 20.9. The van der Waals surface area contributed by atoms with Crippen molar-refractivity contribution in [2.45, 2.75) is 37.3 Å². The monoisotopic (exact) mass is 644 g/mol. The highest BCUT2D eigenvalue weighted by atomic mass is 35.5. The molecule has 1 aliphatic rings. The molecule has 3 aromatic rings. The Bertz CT molecular complexity index is 1570. The molecule has 0 saturated carbocycles. The maximum Gasteiger partial charge on any atom is 0.323 e. The molecule has 0 spiro atoms. The number of hydrogen-bond donors (Lipinski definition) is 3. The molecule has 0 fully saturated rings. The molecule has 0 aliphatic carbocycles. The van der Waals surface area contributed by atoms with Gasteiger partial charge in [0.15, 0.2) is 0 Å². The lowest BCUT2D eigenvalue weighted by Crippen LogP contribution is -2.48. The van der Waals surface area contributed by atoms with Gasteiger partial charge in [-0.2, -0.15) is 4.31 Å². The molecule has 4 rings (SSSR count). The number of sulfonamides is 1. The molecular formula is C31H37ClN4O7S. The molecule has 0 radical (unpaired) electrons. The van der Waals surface area contributed by atoms with Gasteiger partial charge in [-0.3, -0.25) is 4.79 Å². The molecule has 0 unspecified atom stereocenters. The third-order valence-electron chi connectivity index (χ3n) is 7.48. The number of amides is 3. The Morgan fingerprint density at radius 3 is 2.39 bits per heavy atom. The number of urea groups is 1. The predicted molar refractivity (Wildman–Crippen MR) is 169 cm³/mol. The van der Waals surface area contributed by atoms with Crippen LogP contribution in [0.25, 0.3) is 0 Å². The quantitative estimate of drug-likeness (QED) is 0.313. The zero-order valence-corrected chi connectivity index (χ0v) is 26.6. The minimum absolute atomic E-state index is 0.00856. The van der Waals surface area contributed by atoms with Crippen molar-refractivity contribution in [2.24, 2.45) is 5.92 Å². The number of methoxy groups -OCH3 is 1. The third-order valence-corrected chi connectivity index (χ3v) is 9.57. The fourth-order valence-corrected chi connectivity index (χ4v) is 6.14. The molecular weight excluding hydrogens is 608 g/mol. The van der Waals surface area contributed by atoms with Gasteiger partial charge < -0.3 is 30.1 Å². The largest absolute Gasteiger partial charge is 0.497 e. The summed E-state index contributed by atoms with van der Waals surface area (Å²) in [6.07, 6.45) is -0.703. The number of nitrogens with zero attached hydrogens (tertiary/aromatic N) is 2. The molecule has 3 aromatic carbocycles. The summed E-state index contributed by atoms with van der Waals surface area (Å²) in [6.45, 7) is 3.61. The summed E-state index contributed by atoms with van der Waals surface area (Å²) in [5.74, 6) is 0.511. The second-order valence-corrected chi connectivity index (χ2v) is 13.2. The van der Waals surface area contributed by atoms with Crippen LogP contribution in [0.3, 0.4) is 0 Å². The zero-order chi connectivity index (χ0) is 32.0. The number of likely N-dealkylation sites (N-methyl/N-ethyl adjacent to an activating group) is 1. The number of halogens is 1. The number of anilines is 2. The van der Waals surface area contributed by atoms with Crippen molar-refractivity contribution in [3.8, 4) is 11.5 Å². The van der Waals surface area contributed by atoms with Crippen LogP contribution in [-0.4, -0.2) is 80.7 Å². The van der Waals surface area contributed by atoms with Gasteiger partial charge in [-0.1, -0.05) is 18.5 Å². The van der Waals surface area contributed by atoms with Gasteiger partial charge in [0.2, 0.25) is 15.9 Å². The highest BCUT2D eigenvalue weighted by Gasteiger charge is 2.33. The summed E-state index contributed by atoms with van der Waals surface area (Å²) < 4.78 is 39.5. The van der Waals surface area contributed by atoms with Gasteiger partial charge >= 0.3 is 6.03 Å². The first-order valence-corrected chi connectivity index (χ1v) is 15.9. The number of rotatable bonds is 9. The van der Waals surface area contributed by atoms with E-state index in [2.05, 4.69) is 10.6 Å². The van der Waals surface area contributed by atoms with Gasteiger partial charge in [0.25, 0.3) is 0 Å². The Morgan fingerprint density at radius 1 is 1.11 bits per heavy atom. The normalized spacial score (nSPS) is 17.9. The number of carbonyl (C=O) groups is 2. The second kappa shape index (κ2) is 14.3. The molecule has 3 atom stereocenters. The van der Waals surface area contributed by atoms with Crippen LogP contribution in [0.15, 0.2) is 71.6 Å². The number of ether oxygens (including phenoxy) is 2. The number of fused-ring (bicyclic) bond motifs is 1. The first-order valence-electron chi connectivity index (χ1n) is 14.0. The van der Waals surface area contributed by atoms with E-state index < -0.39 is 28.2 Å². The Morgan fingerprint density at radius 2 is 1.75 bits per heavy atom. The van der Waals surface area contributed by atoms with Gasteiger partial charge in [0.1, 0.15) is 17.6 Å². The van der Waals surface area contributed by atoms with Gasteiger partial charge in [-0.25, -0.2) is 13.2 Å². The van der Waals surface area contributed by atoms with Crippen LogP contribution in [0, 0.1) is 5.92 Å². The Balaban J connectivity index is 1.60. The number of aliphatic hydroxyl groups is 1. The van der Waals surface area contributed by atoms with Crippen LogP contribution in [0.2, 0.25) is 5.02 Å². The Hall–Kier alpha value is -3.84. The molecule has 1 aliphatic heterocycles. The summed E-state index contributed by atoms with van der Waals surface area (Å²) in [7, 11) is -0.840. The predicted octanol–water partition coefficient (Wildman–Crippen LogP) is 4.46. The lowest BCUT2D eigenvalue weighted by atomic mass is 10.0. The summed E-state index contributed by atoms with van der Waals surface area (Å²) in [5.41, 5.74) is 1.50. The number of benzene rings is 3. The maximum atomic E-state index is 13.5. The average molecular weight is 645 g/mol. The summed E-state index contributed by atoms with van der Waals surface area (Å²) in [4.78, 5) is 27.9. The van der Waals surface area contributed by atoms with Crippen molar-refractivity contribution in [2.75, 3.05) is 44.5 Å². The van der Waals surface area contributed by atoms with E-state index in [4.69, 9.17) is 21.1 Å². The Kier molecular flexibility index (Phi) is 10.7. The zero-order valence-electron chi connectivity index (χ0n) is 25.0. The molecule has 236 valence electrons. The van der Waals surface area contributed by atoms with Crippen molar-refractivity contribution in [1.29, 1.82) is 0 Å². The van der Waals surface area contributed by atoms with Crippen LogP contribution in [0.4, 0.5) is 16.2 Å². The van der Waals surface area contributed by atoms with Gasteiger partial charge in [-0.05, 0) is 73.7 Å². The second-order valence-electron chi connectivity index (χ2n) is 10.8. The van der Waals surface area contributed by atoms with Crippen molar-refractivity contribution >= 4 is 44.9 Å². The maximum absolute atomic E-state index is 13.5.